The van der Waals surface area contributed by atoms with Crippen molar-refractivity contribution in [1.29, 1.82) is 0 Å². The lowest BCUT2D eigenvalue weighted by molar-refractivity contribution is -0.137. The first-order valence-corrected chi connectivity index (χ1v) is 7.88. The monoisotopic (exact) mass is 335 g/mol. The highest BCUT2D eigenvalue weighted by molar-refractivity contribution is 7.91. The molecule has 120 valence electrons. The first kappa shape index (κ1) is 16.4. The molecular weight excluding hydrogens is 323 g/mol. The molecule has 0 fully saturated rings. The molecule has 0 aliphatic carbocycles. The molecule has 22 heavy (non-hydrogen) atoms. The summed E-state index contributed by atoms with van der Waals surface area (Å²) in [6.45, 7) is 2.97. The summed E-state index contributed by atoms with van der Waals surface area (Å²) in [5.41, 5.74) is -1.37. The molecule has 0 atom stereocenters. The van der Waals surface area contributed by atoms with Crippen molar-refractivity contribution in [2.75, 3.05) is 0 Å². The maximum Gasteiger partial charge on any atom is 0.417 e. The van der Waals surface area contributed by atoms with Crippen molar-refractivity contribution in [2.24, 2.45) is 0 Å². The van der Waals surface area contributed by atoms with E-state index in [1.807, 2.05) is 0 Å². The predicted molar refractivity (Wildman–Crippen MR) is 70.3 cm³/mol. The van der Waals surface area contributed by atoms with Gasteiger partial charge in [0.25, 0.3) is 5.89 Å². The fourth-order valence-electron chi connectivity index (χ4n) is 1.58. The Kier molecular flexibility index (Phi) is 4.23. The van der Waals surface area contributed by atoms with Gasteiger partial charge in [-0.15, -0.1) is 0 Å². The number of alkyl halides is 3. The highest BCUT2D eigenvalue weighted by atomic mass is 32.2. The molecule has 2 aromatic rings. The molecule has 0 saturated carbocycles. The second kappa shape index (κ2) is 5.67. The van der Waals surface area contributed by atoms with Gasteiger partial charge in [-0.2, -0.15) is 18.2 Å². The average molecular weight is 335 g/mol. The Morgan fingerprint density at radius 3 is 2.59 bits per heavy atom. The van der Waals surface area contributed by atoms with Crippen molar-refractivity contribution in [3.05, 3.63) is 29.8 Å². The van der Waals surface area contributed by atoms with Gasteiger partial charge in [-0.3, -0.25) is 4.98 Å². The van der Waals surface area contributed by atoms with Crippen LogP contribution in [-0.2, 0) is 21.8 Å². The summed E-state index contributed by atoms with van der Waals surface area (Å²) in [7, 11) is -3.48. The molecule has 0 saturated heterocycles. The molecule has 10 heteroatoms. The number of halogens is 3. The average Bonchev–Trinajstić information content (AvgIpc) is 2.85. The number of aromatic nitrogens is 3. The van der Waals surface area contributed by atoms with E-state index in [1.165, 1.54) is 13.8 Å². The number of sulfone groups is 1. The van der Waals surface area contributed by atoms with Crippen LogP contribution in [0.25, 0.3) is 11.5 Å². The molecule has 2 rings (SSSR count). The van der Waals surface area contributed by atoms with E-state index >= 15 is 0 Å². The van der Waals surface area contributed by atoms with Gasteiger partial charge in [-0.25, -0.2) is 8.42 Å². The van der Waals surface area contributed by atoms with Crippen LogP contribution in [0.15, 0.2) is 23.0 Å². The van der Waals surface area contributed by atoms with E-state index in [0.29, 0.717) is 0 Å². The molecule has 0 amide bonds. The lowest BCUT2D eigenvalue weighted by atomic mass is 10.1. The second-order valence-electron chi connectivity index (χ2n) is 4.79. The molecule has 0 spiro atoms. The van der Waals surface area contributed by atoms with Crippen LogP contribution in [0.5, 0.6) is 0 Å². The Morgan fingerprint density at radius 1 is 1.32 bits per heavy atom. The zero-order chi connectivity index (χ0) is 16.5. The molecule has 2 aromatic heterocycles. The lowest BCUT2D eigenvalue weighted by Gasteiger charge is -2.08. The SMILES string of the molecule is CC(C)S(=O)(=O)Cc1noc(-c2cnccc2C(F)(F)F)n1. The molecule has 0 aliphatic heterocycles. The first-order chi connectivity index (χ1) is 10.1. The van der Waals surface area contributed by atoms with E-state index < -0.39 is 44.0 Å². The van der Waals surface area contributed by atoms with E-state index in [9.17, 15) is 21.6 Å². The summed E-state index contributed by atoms with van der Waals surface area (Å²) < 4.78 is 67.0. The van der Waals surface area contributed by atoms with Crippen LogP contribution in [-0.4, -0.2) is 28.8 Å². The van der Waals surface area contributed by atoms with Crippen LogP contribution in [0.3, 0.4) is 0 Å². The zero-order valence-corrected chi connectivity index (χ0v) is 12.4. The van der Waals surface area contributed by atoms with Gasteiger partial charge >= 0.3 is 6.18 Å². The summed E-state index contributed by atoms with van der Waals surface area (Å²) >= 11 is 0. The number of rotatable bonds is 4. The Balaban J connectivity index is 2.38. The van der Waals surface area contributed by atoms with Crippen molar-refractivity contribution in [1.82, 2.24) is 15.1 Å². The van der Waals surface area contributed by atoms with Gasteiger partial charge < -0.3 is 4.52 Å². The number of hydrogen-bond acceptors (Lipinski definition) is 6. The van der Waals surface area contributed by atoms with Crippen LogP contribution >= 0.6 is 0 Å². The van der Waals surface area contributed by atoms with Crippen molar-refractivity contribution in [3.63, 3.8) is 0 Å². The van der Waals surface area contributed by atoms with Crippen LogP contribution < -0.4 is 0 Å². The zero-order valence-electron chi connectivity index (χ0n) is 11.6. The first-order valence-electron chi connectivity index (χ1n) is 6.17. The Hall–Kier alpha value is -1.97. The molecule has 2 heterocycles. The van der Waals surface area contributed by atoms with Gasteiger partial charge in [0.1, 0.15) is 5.75 Å². The summed E-state index contributed by atoms with van der Waals surface area (Å²) in [6, 6.07) is 0.782. The Labute approximate surface area is 124 Å². The molecule has 0 aliphatic rings. The second-order valence-corrected chi connectivity index (χ2v) is 7.35. The molecule has 0 radical (unpaired) electrons. The third-order valence-corrected chi connectivity index (χ3v) is 4.97. The van der Waals surface area contributed by atoms with Gasteiger partial charge in [-0.1, -0.05) is 5.16 Å². The van der Waals surface area contributed by atoms with Gasteiger partial charge in [-0.05, 0) is 19.9 Å². The Morgan fingerprint density at radius 2 is 2.00 bits per heavy atom. The van der Waals surface area contributed by atoms with Crippen molar-refractivity contribution in [3.8, 4) is 11.5 Å². The molecule has 0 N–H and O–H groups in total. The van der Waals surface area contributed by atoms with Crippen molar-refractivity contribution in [2.45, 2.75) is 31.0 Å². The number of pyridine rings is 1. The van der Waals surface area contributed by atoms with Gasteiger partial charge in [0.05, 0.1) is 16.4 Å². The number of hydrogen-bond donors (Lipinski definition) is 0. The fraction of sp³-hybridized carbons (Fsp3) is 0.417. The van der Waals surface area contributed by atoms with Crippen LogP contribution in [0, 0.1) is 0 Å². The standard InChI is InChI=1S/C12H12F3N3O3S/c1-7(2)22(19,20)6-10-17-11(21-18-10)8-5-16-4-3-9(8)12(13,14)15/h3-5,7H,6H2,1-2H3. The largest absolute Gasteiger partial charge is 0.417 e. The van der Waals surface area contributed by atoms with Crippen molar-refractivity contribution >= 4 is 9.84 Å². The maximum absolute atomic E-state index is 12.9. The van der Waals surface area contributed by atoms with E-state index in [-0.39, 0.29) is 5.82 Å². The highest BCUT2D eigenvalue weighted by Crippen LogP contribution is 2.35. The van der Waals surface area contributed by atoms with Crippen LogP contribution in [0.4, 0.5) is 13.2 Å². The summed E-state index contributed by atoms with van der Waals surface area (Å²) in [5.74, 6) is -1.12. The number of nitrogens with zero attached hydrogens (tertiary/aromatic N) is 3. The quantitative estimate of drug-likeness (QED) is 0.853. The lowest BCUT2D eigenvalue weighted by Crippen LogP contribution is -2.16. The highest BCUT2D eigenvalue weighted by Gasteiger charge is 2.35. The van der Waals surface area contributed by atoms with Gasteiger partial charge in [0, 0.05) is 12.4 Å². The minimum absolute atomic E-state index is 0.194. The molecule has 0 unspecified atom stereocenters. The Bertz CT molecular complexity index is 769. The summed E-state index contributed by atoms with van der Waals surface area (Å²) in [5, 5.41) is 2.77. The topological polar surface area (TPSA) is 86.0 Å². The van der Waals surface area contributed by atoms with Crippen molar-refractivity contribution < 1.29 is 26.1 Å². The molecule has 0 bridgehead atoms. The third kappa shape index (κ3) is 3.43. The van der Waals surface area contributed by atoms with Crippen LogP contribution in [0.2, 0.25) is 0 Å². The predicted octanol–water partition coefficient (Wildman–Crippen LogP) is 2.47. The van der Waals surface area contributed by atoms with E-state index in [2.05, 4.69) is 15.1 Å². The summed E-state index contributed by atoms with van der Waals surface area (Å²) in [6.07, 6.45) is -2.68. The third-order valence-electron chi connectivity index (χ3n) is 2.87. The van der Waals surface area contributed by atoms with E-state index in [1.54, 1.807) is 0 Å². The van der Waals surface area contributed by atoms with E-state index in [0.717, 1.165) is 18.5 Å². The molecule has 0 aromatic carbocycles. The molecular formula is C12H12F3N3O3S. The fourth-order valence-corrected chi connectivity index (χ4v) is 2.39. The van der Waals surface area contributed by atoms with Gasteiger partial charge in [0.15, 0.2) is 15.7 Å². The smallest absolute Gasteiger partial charge is 0.334 e. The summed E-state index contributed by atoms with van der Waals surface area (Å²) in [4.78, 5) is 7.33. The van der Waals surface area contributed by atoms with Gasteiger partial charge in [0.2, 0.25) is 0 Å². The van der Waals surface area contributed by atoms with E-state index in [4.69, 9.17) is 4.52 Å². The van der Waals surface area contributed by atoms with Crippen LogP contribution in [0.1, 0.15) is 25.2 Å². The minimum Gasteiger partial charge on any atom is -0.334 e. The molecule has 6 nitrogen and oxygen atoms in total. The normalized spacial score (nSPS) is 12.8. The minimum atomic E-state index is -4.61. The maximum atomic E-state index is 12.9.